The summed E-state index contributed by atoms with van der Waals surface area (Å²) in [6.07, 6.45) is 16.9. The zero-order valence-electron chi connectivity index (χ0n) is 18.2. The minimum absolute atomic E-state index is 0.349. The van der Waals surface area contributed by atoms with E-state index in [1.165, 1.54) is 77.0 Å². The van der Waals surface area contributed by atoms with Gasteiger partial charge in [-0.15, -0.1) is 0 Å². The Morgan fingerprint density at radius 3 is 1.58 bits per heavy atom. The number of rotatable bonds is 15. The van der Waals surface area contributed by atoms with Gasteiger partial charge in [-0.05, 0) is 30.5 Å². The van der Waals surface area contributed by atoms with Crippen LogP contribution in [0.15, 0.2) is 0 Å². The Morgan fingerprint density at radius 1 is 0.750 bits per heavy atom. The monoisotopic (exact) mass is 356 g/mol. The molecule has 24 heavy (non-hydrogen) atoms. The normalized spacial score (nSPS) is 14.1. The summed E-state index contributed by atoms with van der Waals surface area (Å²) in [5.41, 5.74) is 0. The van der Waals surface area contributed by atoms with E-state index >= 15 is 0 Å². The lowest BCUT2D eigenvalue weighted by atomic mass is 9.99. The first-order chi connectivity index (χ1) is 11.2. The highest BCUT2D eigenvalue weighted by Crippen LogP contribution is 2.36. The van der Waals surface area contributed by atoms with Gasteiger partial charge in [0.05, 0.1) is 0 Å². The van der Waals surface area contributed by atoms with Gasteiger partial charge in [0, 0.05) is 6.61 Å². The maximum absolute atomic E-state index is 6.24. The fourth-order valence-electron chi connectivity index (χ4n) is 2.76. The van der Waals surface area contributed by atoms with Crippen molar-refractivity contribution in [2.24, 2.45) is 5.92 Å². The van der Waals surface area contributed by atoms with E-state index in [1.54, 1.807) is 0 Å². The maximum Gasteiger partial charge on any atom is 0.191 e. The predicted molar refractivity (Wildman–Crippen MR) is 113 cm³/mol. The molecule has 0 radical (unpaired) electrons. The van der Waals surface area contributed by atoms with Crippen molar-refractivity contribution in [1.29, 1.82) is 0 Å². The van der Waals surface area contributed by atoms with Crippen LogP contribution in [0.3, 0.4) is 0 Å². The molecule has 0 saturated carbocycles. The highest BCUT2D eigenvalue weighted by Gasteiger charge is 2.36. The molecule has 0 fully saturated rings. The van der Waals surface area contributed by atoms with E-state index in [-0.39, 0.29) is 0 Å². The summed E-state index contributed by atoms with van der Waals surface area (Å²) in [4.78, 5) is 0. The van der Waals surface area contributed by atoms with Crippen molar-refractivity contribution in [3.63, 3.8) is 0 Å². The Morgan fingerprint density at radius 2 is 1.17 bits per heavy atom. The quantitative estimate of drug-likeness (QED) is 0.211. The maximum atomic E-state index is 6.24. The lowest BCUT2D eigenvalue weighted by Gasteiger charge is -2.36. The van der Waals surface area contributed by atoms with Crippen molar-refractivity contribution in [3.05, 3.63) is 0 Å². The number of hydrogen-bond acceptors (Lipinski definition) is 1. The zero-order chi connectivity index (χ0) is 18.5. The minimum atomic E-state index is -1.51. The summed E-state index contributed by atoms with van der Waals surface area (Å²) in [7, 11) is -1.51. The van der Waals surface area contributed by atoms with Crippen molar-refractivity contribution in [1.82, 2.24) is 0 Å². The van der Waals surface area contributed by atoms with Crippen molar-refractivity contribution in [3.8, 4) is 0 Å². The molecule has 1 atom stereocenters. The third-order valence-electron chi connectivity index (χ3n) is 6.06. The second-order valence-corrected chi connectivity index (χ2v) is 14.3. The third-order valence-corrected chi connectivity index (χ3v) is 10.6. The van der Waals surface area contributed by atoms with E-state index in [4.69, 9.17) is 4.43 Å². The second kappa shape index (κ2) is 13.4. The Hall–Kier alpha value is 0.177. The van der Waals surface area contributed by atoms with Crippen LogP contribution in [-0.2, 0) is 4.43 Å². The molecule has 0 aliphatic carbocycles. The van der Waals surface area contributed by atoms with E-state index < -0.39 is 8.32 Å². The zero-order valence-corrected chi connectivity index (χ0v) is 19.2. The molecular weight excluding hydrogens is 308 g/mol. The summed E-state index contributed by atoms with van der Waals surface area (Å²) in [6.45, 7) is 17.4. The molecule has 0 aromatic carbocycles. The molecule has 0 N–H and O–H groups in total. The summed E-state index contributed by atoms with van der Waals surface area (Å²) in [5.74, 6) is 0.936. The van der Waals surface area contributed by atoms with Crippen LogP contribution in [0, 0.1) is 5.92 Å². The Balaban J connectivity index is 3.29. The van der Waals surface area contributed by atoms with Gasteiger partial charge in [-0.3, -0.25) is 0 Å². The number of hydrogen-bond donors (Lipinski definition) is 0. The van der Waals surface area contributed by atoms with Crippen LogP contribution in [0.4, 0.5) is 0 Å². The average Bonchev–Trinajstić information content (AvgIpc) is 2.50. The van der Waals surface area contributed by atoms with Crippen LogP contribution in [-0.4, -0.2) is 14.9 Å². The largest absolute Gasteiger partial charge is 0.417 e. The van der Waals surface area contributed by atoms with Crippen molar-refractivity contribution in [2.45, 2.75) is 130 Å². The molecule has 0 rings (SSSR count). The Labute approximate surface area is 155 Å². The first-order valence-electron chi connectivity index (χ1n) is 10.8. The van der Waals surface area contributed by atoms with Crippen LogP contribution in [0.2, 0.25) is 18.1 Å². The standard InChI is InChI=1S/C22H48OSi/c1-8-21(2)19-17-15-13-11-9-10-12-14-16-18-20-23-24(6,7)22(3,4)5/h21H,8-20H2,1-7H3. The Kier molecular flexibility index (Phi) is 13.5. The average molecular weight is 357 g/mol. The van der Waals surface area contributed by atoms with E-state index in [9.17, 15) is 0 Å². The lowest BCUT2D eigenvalue weighted by molar-refractivity contribution is 0.277. The van der Waals surface area contributed by atoms with Gasteiger partial charge in [-0.1, -0.05) is 105 Å². The van der Waals surface area contributed by atoms with E-state index in [1.807, 2.05) is 0 Å². The van der Waals surface area contributed by atoms with Gasteiger partial charge < -0.3 is 4.43 Å². The molecular formula is C22H48OSi. The van der Waals surface area contributed by atoms with Gasteiger partial charge in [0.2, 0.25) is 0 Å². The highest BCUT2D eigenvalue weighted by atomic mass is 28.4. The molecule has 0 aliphatic heterocycles. The smallest absolute Gasteiger partial charge is 0.191 e. The second-order valence-electron chi connectivity index (χ2n) is 9.45. The van der Waals surface area contributed by atoms with Crippen molar-refractivity contribution < 1.29 is 4.43 Å². The summed E-state index contributed by atoms with van der Waals surface area (Å²) in [5, 5.41) is 0.349. The van der Waals surface area contributed by atoms with Crippen LogP contribution in [0.5, 0.6) is 0 Å². The lowest BCUT2D eigenvalue weighted by Crippen LogP contribution is -2.40. The molecule has 146 valence electrons. The number of unbranched alkanes of at least 4 members (excludes halogenated alkanes) is 9. The van der Waals surface area contributed by atoms with E-state index in [2.05, 4.69) is 47.7 Å². The molecule has 2 heteroatoms. The SMILES string of the molecule is CCC(C)CCCCCCCCCCCCO[Si](C)(C)C(C)(C)C. The first kappa shape index (κ1) is 24.2. The topological polar surface area (TPSA) is 9.23 Å². The van der Waals surface area contributed by atoms with Crippen LogP contribution in [0.1, 0.15) is 112 Å². The molecule has 0 aromatic heterocycles. The molecule has 1 nitrogen and oxygen atoms in total. The third kappa shape index (κ3) is 12.5. The summed E-state index contributed by atoms with van der Waals surface area (Å²) < 4.78 is 6.24. The Bertz CT molecular complexity index is 280. The molecule has 0 amide bonds. The predicted octanol–water partition coefficient (Wildman–Crippen LogP) is 8.35. The van der Waals surface area contributed by atoms with E-state index in [0.717, 1.165) is 12.5 Å². The molecule has 0 heterocycles. The first-order valence-corrected chi connectivity index (χ1v) is 13.8. The fraction of sp³-hybridized carbons (Fsp3) is 1.00. The molecule has 0 saturated heterocycles. The highest BCUT2D eigenvalue weighted by molar-refractivity contribution is 6.74. The molecule has 0 bridgehead atoms. The minimum Gasteiger partial charge on any atom is -0.417 e. The summed E-state index contributed by atoms with van der Waals surface area (Å²) >= 11 is 0. The van der Waals surface area contributed by atoms with Gasteiger partial charge >= 0.3 is 0 Å². The summed E-state index contributed by atoms with van der Waals surface area (Å²) in [6, 6.07) is 0. The van der Waals surface area contributed by atoms with Crippen LogP contribution < -0.4 is 0 Å². The van der Waals surface area contributed by atoms with Crippen LogP contribution >= 0.6 is 0 Å². The molecule has 0 aliphatic rings. The van der Waals surface area contributed by atoms with Crippen molar-refractivity contribution >= 4 is 8.32 Å². The molecule has 0 aromatic rings. The van der Waals surface area contributed by atoms with Gasteiger partial charge in [0.1, 0.15) is 0 Å². The van der Waals surface area contributed by atoms with Gasteiger partial charge in [0.25, 0.3) is 0 Å². The van der Waals surface area contributed by atoms with Gasteiger partial charge in [-0.2, -0.15) is 0 Å². The van der Waals surface area contributed by atoms with E-state index in [0.29, 0.717) is 5.04 Å². The van der Waals surface area contributed by atoms with Gasteiger partial charge in [0.15, 0.2) is 8.32 Å². The van der Waals surface area contributed by atoms with Crippen LogP contribution in [0.25, 0.3) is 0 Å². The molecule has 1 unspecified atom stereocenters. The fourth-order valence-corrected chi connectivity index (χ4v) is 3.84. The van der Waals surface area contributed by atoms with Crippen molar-refractivity contribution in [2.75, 3.05) is 6.61 Å². The van der Waals surface area contributed by atoms with Gasteiger partial charge in [-0.25, -0.2) is 0 Å². The molecule has 0 spiro atoms.